The highest BCUT2D eigenvalue weighted by Gasteiger charge is 2.20. The summed E-state index contributed by atoms with van der Waals surface area (Å²) in [5.41, 5.74) is 0.162. The average molecular weight is 292 g/mol. The Hall–Kier alpha value is -2.28. The molecule has 0 atom stereocenters. The number of amides is 1. The molecule has 0 radical (unpaired) electrons. The average Bonchev–Trinajstić information content (AvgIpc) is 3.03. The van der Waals surface area contributed by atoms with Gasteiger partial charge < -0.3 is 19.9 Å². The maximum atomic E-state index is 12.1. The zero-order valence-electron chi connectivity index (χ0n) is 10.7. The normalized spacial score (nSPS) is 12.4. The number of aromatic hydroxyl groups is 1. The van der Waals surface area contributed by atoms with Crippen LogP contribution in [0.1, 0.15) is 20.2 Å². The number of nitrogens with zero attached hydrogens (tertiary/aromatic N) is 1. The monoisotopic (exact) mass is 292 g/mol. The molecule has 1 aromatic heterocycles. The first-order valence-electron chi connectivity index (χ1n) is 5.95. The van der Waals surface area contributed by atoms with Crippen LogP contribution >= 0.6 is 11.3 Å². The minimum atomic E-state index is -0.369. The van der Waals surface area contributed by atoms with Gasteiger partial charge in [0.15, 0.2) is 11.5 Å². The number of thiazole rings is 1. The molecule has 3 rings (SSSR count). The van der Waals surface area contributed by atoms with Crippen LogP contribution in [0.3, 0.4) is 0 Å². The number of ether oxygens (including phenoxy) is 2. The largest absolute Gasteiger partial charge is 0.507 e. The van der Waals surface area contributed by atoms with E-state index in [1.165, 1.54) is 23.5 Å². The molecule has 0 saturated heterocycles. The maximum absolute atomic E-state index is 12.1. The summed E-state index contributed by atoms with van der Waals surface area (Å²) in [6, 6.07) is 2.86. The summed E-state index contributed by atoms with van der Waals surface area (Å²) in [5, 5.41) is 13.5. The number of phenols is 1. The van der Waals surface area contributed by atoms with Crippen LogP contribution in [0.4, 0.5) is 0 Å². The van der Waals surface area contributed by atoms with Crippen molar-refractivity contribution < 1.29 is 19.4 Å². The number of hydrogen-bond acceptors (Lipinski definition) is 6. The van der Waals surface area contributed by atoms with Gasteiger partial charge in [0.2, 0.25) is 6.79 Å². The van der Waals surface area contributed by atoms with E-state index in [9.17, 15) is 9.90 Å². The Labute approximate surface area is 119 Å². The third kappa shape index (κ3) is 2.39. The van der Waals surface area contributed by atoms with Gasteiger partial charge in [-0.15, -0.1) is 11.3 Å². The number of aromatic nitrogens is 1. The van der Waals surface area contributed by atoms with Crippen LogP contribution in [0, 0.1) is 6.92 Å². The van der Waals surface area contributed by atoms with E-state index >= 15 is 0 Å². The minimum absolute atomic E-state index is 0.0972. The minimum Gasteiger partial charge on any atom is -0.507 e. The highest BCUT2D eigenvalue weighted by molar-refractivity contribution is 7.11. The molecule has 0 spiro atoms. The van der Waals surface area contributed by atoms with Gasteiger partial charge in [-0.25, -0.2) is 4.98 Å². The van der Waals surface area contributed by atoms with Crippen LogP contribution in [0.15, 0.2) is 18.3 Å². The van der Waals surface area contributed by atoms with Gasteiger partial charge >= 0.3 is 0 Å². The molecule has 6 nitrogen and oxygen atoms in total. The van der Waals surface area contributed by atoms with Crippen molar-refractivity contribution in [3.05, 3.63) is 33.8 Å². The van der Waals surface area contributed by atoms with E-state index in [1.54, 1.807) is 6.20 Å². The lowest BCUT2D eigenvalue weighted by Gasteiger charge is -2.06. The topological polar surface area (TPSA) is 80.7 Å². The summed E-state index contributed by atoms with van der Waals surface area (Å²) in [6.45, 7) is 2.37. The third-order valence-electron chi connectivity index (χ3n) is 2.83. The molecule has 0 aliphatic carbocycles. The van der Waals surface area contributed by atoms with Crippen molar-refractivity contribution in [1.82, 2.24) is 10.3 Å². The lowest BCUT2D eigenvalue weighted by atomic mass is 10.1. The summed E-state index contributed by atoms with van der Waals surface area (Å²) >= 11 is 1.52. The van der Waals surface area contributed by atoms with Crippen LogP contribution in [-0.4, -0.2) is 22.8 Å². The highest BCUT2D eigenvalue weighted by Crippen LogP contribution is 2.37. The highest BCUT2D eigenvalue weighted by atomic mass is 32.1. The molecule has 2 aromatic rings. The molecule has 0 bridgehead atoms. The van der Waals surface area contributed by atoms with E-state index in [0.29, 0.717) is 18.0 Å². The number of phenolic OH excluding ortho intramolecular Hbond substituents is 1. The van der Waals surface area contributed by atoms with Crippen molar-refractivity contribution in [2.45, 2.75) is 13.5 Å². The van der Waals surface area contributed by atoms with Gasteiger partial charge in [-0.2, -0.15) is 0 Å². The molecule has 1 aliphatic rings. The zero-order chi connectivity index (χ0) is 14.1. The van der Waals surface area contributed by atoms with Crippen LogP contribution in [0.2, 0.25) is 0 Å². The van der Waals surface area contributed by atoms with E-state index in [0.717, 1.165) is 9.88 Å². The Bertz CT molecular complexity index is 668. The van der Waals surface area contributed by atoms with Gasteiger partial charge in [0.25, 0.3) is 5.91 Å². The van der Waals surface area contributed by atoms with E-state index in [2.05, 4.69) is 10.3 Å². The maximum Gasteiger partial charge on any atom is 0.255 e. The molecule has 0 fully saturated rings. The van der Waals surface area contributed by atoms with E-state index < -0.39 is 0 Å². The van der Waals surface area contributed by atoms with Crippen LogP contribution in [0.5, 0.6) is 17.2 Å². The fourth-order valence-electron chi connectivity index (χ4n) is 1.86. The Balaban J connectivity index is 1.74. The van der Waals surface area contributed by atoms with Crippen LogP contribution in [-0.2, 0) is 6.54 Å². The number of rotatable bonds is 3. The Kier molecular flexibility index (Phi) is 3.19. The van der Waals surface area contributed by atoms with Gasteiger partial charge in [-0.1, -0.05) is 0 Å². The summed E-state index contributed by atoms with van der Waals surface area (Å²) in [5.74, 6) is 0.401. The molecule has 7 heteroatoms. The third-order valence-corrected chi connectivity index (χ3v) is 3.74. The number of aryl methyl sites for hydroxylation is 1. The fourth-order valence-corrected chi connectivity index (χ4v) is 2.60. The summed E-state index contributed by atoms with van der Waals surface area (Å²) in [6.07, 6.45) is 1.72. The summed E-state index contributed by atoms with van der Waals surface area (Å²) < 4.78 is 10.3. The van der Waals surface area contributed by atoms with E-state index in [4.69, 9.17) is 9.47 Å². The Morgan fingerprint density at radius 3 is 2.90 bits per heavy atom. The second kappa shape index (κ2) is 5.01. The first kappa shape index (κ1) is 12.7. The molecule has 0 unspecified atom stereocenters. The first-order chi connectivity index (χ1) is 9.63. The van der Waals surface area contributed by atoms with Gasteiger partial charge in [-0.05, 0) is 6.92 Å². The van der Waals surface area contributed by atoms with Crippen LogP contribution in [0.25, 0.3) is 0 Å². The van der Waals surface area contributed by atoms with Crippen molar-refractivity contribution in [2.24, 2.45) is 0 Å². The van der Waals surface area contributed by atoms with Crippen molar-refractivity contribution in [3.8, 4) is 17.2 Å². The molecule has 2 heterocycles. The lowest BCUT2D eigenvalue weighted by Crippen LogP contribution is -2.22. The van der Waals surface area contributed by atoms with Crippen molar-refractivity contribution in [3.63, 3.8) is 0 Å². The van der Waals surface area contributed by atoms with E-state index in [1.807, 2.05) is 6.92 Å². The van der Waals surface area contributed by atoms with Crippen LogP contribution < -0.4 is 14.8 Å². The van der Waals surface area contributed by atoms with Gasteiger partial charge in [0.1, 0.15) is 5.75 Å². The number of nitrogens with one attached hydrogen (secondary N) is 1. The Morgan fingerprint density at radius 1 is 1.45 bits per heavy atom. The van der Waals surface area contributed by atoms with Gasteiger partial charge in [0.05, 0.1) is 17.1 Å². The zero-order valence-corrected chi connectivity index (χ0v) is 11.5. The molecule has 2 N–H and O–H groups in total. The molecular weight excluding hydrogens is 280 g/mol. The number of benzene rings is 1. The van der Waals surface area contributed by atoms with Crippen molar-refractivity contribution >= 4 is 17.2 Å². The molecular formula is C13H12N2O4S. The van der Waals surface area contributed by atoms with Crippen molar-refractivity contribution in [1.29, 1.82) is 0 Å². The predicted octanol–water partition coefficient (Wildman–Crippen LogP) is 1.82. The standard InChI is InChI=1S/C13H12N2O4S/c1-7-14-4-8(20-7)5-15-13(17)9-2-11-12(3-10(9)16)19-6-18-11/h2-4,16H,5-6H2,1H3,(H,15,17). The lowest BCUT2D eigenvalue weighted by molar-refractivity contribution is 0.0948. The molecule has 1 aliphatic heterocycles. The number of fused-ring (bicyclic) bond motifs is 1. The molecule has 1 aromatic carbocycles. The number of carbonyl (C=O) groups is 1. The smallest absolute Gasteiger partial charge is 0.255 e. The molecule has 1 amide bonds. The van der Waals surface area contributed by atoms with E-state index in [-0.39, 0.29) is 24.0 Å². The van der Waals surface area contributed by atoms with Crippen molar-refractivity contribution in [2.75, 3.05) is 6.79 Å². The second-order valence-corrected chi connectivity index (χ2v) is 5.57. The number of carbonyl (C=O) groups excluding carboxylic acids is 1. The molecule has 20 heavy (non-hydrogen) atoms. The number of hydrogen-bond donors (Lipinski definition) is 2. The quantitative estimate of drug-likeness (QED) is 0.902. The SMILES string of the molecule is Cc1ncc(CNC(=O)c2cc3c(cc2O)OCO3)s1. The van der Waals surface area contributed by atoms with Gasteiger partial charge in [0, 0.05) is 23.2 Å². The molecule has 0 saturated carbocycles. The second-order valence-electron chi connectivity index (χ2n) is 4.25. The fraction of sp³-hybridized carbons (Fsp3) is 0.231. The Morgan fingerprint density at radius 2 is 2.20 bits per heavy atom. The summed E-state index contributed by atoms with van der Waals surface area (Å²) in [4.78, 5) is 17.1. The van der Waals surface area contributed by atoms with Gasteiger partial charge in [-0.3, -0.25) is 4.79 Å². The first-order valence-corrected chi connectivity index (χ1v) is 6.77. The summed E-state index contributed by atoms with van der Waals surface area (Å²) in [7, 11) is 0. The molecule has 104 valence electrons. The predicted molar refractivity (Wildman–Crippen MR) is 72.3 cm³/mol.